The van der Waals surface area contributed by atoms with Gasteiger partial charge in [-0.3, -0.25) is 19.3 Å². The Morgan fingerprint density at radius 2 is 1.67 bits per heavy atom. The molecule has 0 radical (unpaired) electrons. The molecule has 4 rings (SSSR count). The van der Waals surface area contributed by atoms with Crippen molar-refractivity contribution in [1.82, 2.24) is 4.90 Å². The number of rotatable bonds is 5. The Morgan fingerprint density at radius 3 is 2.22 bits per heavy atom. The number of anilines is 1. The Kier molecular flexibility index (Phi) is 4.30. The Bertz CT molecular complexity index is 814. The number of hydrogen-bond donors (Lipinski definition) is 1. The van der Waals surface area contributed by atoms with Crippen LogP contribution in [0.4, 0.5) is 5.69 Å². The van der Waals surface area contributed by atoms with Crippen LogP contribution in [-0.2, 0) is 19.1 Å². The molecular formula is C20H20N2O5. The van der Waals surface area contributed by atoms with Crippen molar-refractivity contribution in [2.45, 2.75) is 13.3 Å². The molecule has 1 N–H and O–H groups in total. The molecule has 1 aliphatic heterocycles. The first-order valence-electron chi connectivity index (χ1n) is 9.10. The molecule has 2 fully saturated rings. The maximum Gasteiger partial charge on any atom is 0.338 e. The van der Waals surface area contributed by atoms with Gasteiger partial charge in [0, 0.05) is 5.69 Å². The van der Waals surface area contributed by atoms with Crippen molar-refractivity contribution in [2.75, 3.05) is 18.5 Å². The lowest BCUT2D eigenvalue weighted by molar-refractivity contribution is -0.143. The number of nitrogens with one attached hydrogen (secondary N) is 1. The van der Waals surface area contributed by atoms with Crippen LogP contribution < -0.4 is 5.32 Å². The minimum Gasteiger partial charge on any atom is -0.462 e. The summed E-state index contributed by atoms with van der Waals surface area (Å²) in [5.74, 6) is -1.71. The first-order valence-corrected chi connectivity index (χ1v) is 9.10. The van der Waals surface area contributed by atoms with Gasteiger partial charge in [0.15, 0.2) is 0 Å². The summed E-state index contributed by atoms with van der Waals surface area (Å²) in [4.78, 5) is 50.2. The molecule has 1 saturated heterocycles. The average molecular weight is 368 g/mol. The molecule has 4 atom stereocenters. The van der Waals surface area contributed by atoms with E-state index in [0.29, 0.717) is 11.3 Å². The molecule has 3 aliphatic rings. The van der Waals surface area contributed by atoms with Crippen molar-refractivity contribution < 1.29 is 23.9 Å². The number of ether oxygens (including phenoxy) is 1. The molecule has 0 aromatic heterocycles. The van der Waals surface area contributed by atoms with Crippen LogP contribution in [0.1, 0.15) is 23.7 Å². The molecule has 27 heavy (non-hydrogen) atoms. The number of allylic oxidation sites excluding steroid dienone is 2. The number of hydrogen-bond acceptors (Lipinski definition) is 5. The van der Waals surface area contributed by atoms with Gasteiger partial charge in [0.2, 0.25) is 17.7 Å². The number of carbonyl (C=O) groups is 4. The Hall–Kier alpha value is -2.96. The molecule has 140 valence electrons. The smallest absolute Gasteiger partial charge is 0.338 e. The van der Waals surface area contributed by atoms with Crippen LogP contribution in [0.15, 0.2) is 36.4 Å². The molecule has 0 spiro atoms. The maximum absolute atomic E-state index is 12.6. The van der Waals surface area contributed by atoms with Crippen LogP contribution in [0.2, 0.25) is 0 Å². The summed E-state index contributed by atoms with van der Waals surface area (Å²) >= 11 is 0. The Labute approximate surface area is 156 Å². The van der Waals surface area contributed by atoms with Crippen LogP contribution in [-0.4, -0.2) is 41.7 Å². The molecule has 1 aromatic rings. The summed E-state index contributed by atoms with van der Waals surface area (Å²) in [5.41, 5.74) is 0.865. The zero-order valence-electron chi connectivity index (χ0n) is 14.9. The van der Waals surface area contributed by atoms with E-state index in [1.165, 1.54) is 0 Å². The first kappa shape index (κ1) is 17.5. The van der Waals surface area contributed by atoms with Crippen molar-refractivity contribution >= 4 is 29.4 Å². The third kappa shape index (κ3) is 2.93. The summed E-state index contributed by atoms with van der Waals surface area (Å²) < 4.78 is 4.91. The fourth-order valence-corrected chi connectivity index (χ4v) is 4.37. The number of benzene rings is 1. The minimum absolute atomic E-state index is 0.125. The van der Waals surface area contributed by atoms with E-state index in [1.807, 2.05) is 12.2 Å². The van der Waals surface area contributed by atoms with Gasteiger partial charge in [-0.2, -0.15) is 0 Å². The zero-order chi connectivity index (χ0) is 19.1. The van der Waals surface area contributed by atoms with E-state index in [-0.39, 0.29) is 48.6 Å². The summed E-state index contributed by atoms with van der Waals surface area (Å²) in [6.45, 7) is 1.72. The van der Waals surface area contributed by atoms with E-state index in [1.54, 1.807) is 31.2 Å². The highest BCUT2D eigenvalue weighted by Crippen LogP contribution is 2.52. The van der Waals surface area contributed by atoms with Crippen LogP contribution in [0, 0.1) is 23.7 Å². The zero-order valence-corrected chi connectivity index (χ0v) is 14.9. The first-order chi connectivity index (χ1) is 13.0. The minimum atomic E-state index is -0.444. The summed E-state index contributed by atoms with van der Waals surface area (Å²) in [6, 6.07) is 6.26. The summed E-state index contributed by atoms with van der Waals surface area (Å²) in [7, 11) is 0. The van der Waals surface area contributed by atoms with Crippen molar-refractivity contribution in [2.24, 2.45) is 23.7 Å². The number of esters is 1. The fraction of sp³-hybridized carbons (Fsp3) is 0.400. The molecule has 7 heteroatoms. The van der Waals surface area contributed by atoms with Gasteiger partial charge in [-0.1, -0.05) is 12.2 Å². The average Bonchev–Trinajstić information content (AvgIpc) is 3.32. The van der Waals surface area contributed by atoms with Gasteiger partial charge < -0.3 is 10.1 Å². The molecule has 0 unspecified atom stereocenters. The predicted molar refractivity (Wildman–Crippen MR) is 95.5 cm³/mol. The Morgan fingerprint density at radius 1 is 1.07 bits per heavy atom. The second-order valence-electron chi connectivity index (χ2n) is 7.11. The highest BCUT2D eigenvalue weighted by molar-refractivity contribution is 6.09. The van der Waals surface area contributed by atoms with Gasteiger partial charge in [0.05, 0.1) is 24.0 Å². The van der Waals surface area contributed by atoms with Crippen molar-refractivity contribution in [1.29, 1.82) is 0 Å². The standard InChI is InChI=1S/C20H20N2O5/c1-2-27-20(26)11-5-7-14(8-6-11)21-15(23)10-22-18(24)16-12-3-4-13(9-12)17(16)19(22)25/h3-8,12-13,16-17H,2,9-10H2,1H3,(H,21,23)/t12-,13-,16+,17+/m0/s1. The van der Waals surface area contributed by atoms with Gasteiger partial charge in [-0.15, -0.1) is 0 Å². The second-order valence-corrected chi connectivity index (χ2v) is 7.11. The largest absolute Gasteiger partial charge is 0.462 e. The molecule has 3 amide bonds. The molecule has 1 aromatic carbocycles. The normalized spacial score (nSPS) is 27.8. The van der Waals surface area contributed by atoms with E-state index < -0.39 is 11.9 Å². The molecular weight excluding hydrogens is 348 g/mol. The van der Waals surface area contributed by atoms with E-state index in [2.05, 4.69) is 5.32 Å². The summed E-state index contributed by atoms with van der Waals surface area (Å²) in [6.07, 6.45) is 4.90. The lowest BCUT2D eigenvalue weighted by Crippen LogP contribution is -2.39. The van der Waals surface area contributed by atoms with Crippen molar-refractivity contribution in [3.63, 3.8) is 0 Å². The SMILES string of the molecule is CCOC(=O)c1ccc(NC(=O)CN2C(=O)[C@H]3[C@H](C2=O)[C@H]2C=C[C@H]3C2)cc1. The van der Waals surface area contributed by atoms with Gasteiger partial charge >= 0.3 is 5.97 Å². The van der Waals surface area contributed by atoms with Crippen LogP contribution >= 0.6 is 0 Å². The lowest BCUT2D eigenvalue weighted by Gasteiger charge is -2.16. The topological polar surface area (TPSA) is 92.8 Å². The van der Waals surface area contributed by atoms with Gasteiger partial charge in [0.25, 0.3) is 0 Å². The highest BCUT2D eigenvalue weighted by Gasteiger charge is 2.59. The maximum atomic E-state index is 12.6. The second kappa shape index (κ2) is 6.64. The number of amides is 3. The predicted octanol–water partition coefficient (Wildman–Crippen LogP) is 1.61. The molecule has 1 heterocycles. The number of likely N-dealkylation sites (tertiary alicyclic amines) is 1. The molecule has 2 bridgehead atoms. The van der Waals surface area contributed by atoms with Crippen molar-refractivity contribution in [3.8, 4) is 0 Å². The van der Waals surface area contributed by atoms with E-state index in [0.717, 1.165) is 11.3 Å². The summed E-state index contributed by atoms with van der Waals surface area (Å²) in [5, 5.41) is 2.66. The van der Waals surface area contributed by atoms with Crippen molar-refractivity contribution in [3.05, 3.63) is 42.0 Å². The van der Waals surface area contributed by atoms with E-state index in [9.17, 15) is 19.2 Å². The number of fused-ring (bicyclic) bond motifs is 5. The van der Waals surface area contributed by atoms with Crippen LogP contribution in [0.3, 0.4) is 0 Å². The van der Waals surface area contributed by atoms with Gasteiger partial charge in [-0.05, 0) is 49.4 Å². The quantitative estimate of drug-likeness (QED) is 0.484. The van der Waals surface area contributed by atoms with Crippen LogP contribution in [0.25, 0.3) is 0 Å². The lowest BCUT2D eigenvalue weighted by atomic mass is 9.85. The highest BCUT2D eigenvalue weighted by atomic mass is 16.5. The number of nitrogens with zero attached hydrogens (tertiary/aromatic N) is 1. The fourth-order valence-electron chi connectivity index (χ4n) is 4.37. The van der Waals surface area contributed by atoms with Crippen LogP contribution in [0.5, 0.6) is 0 Å². The monoisotopic (exact) mass is 368 g/mol. The number of imide groups is 1. The molecule has 2 aliphatic carbocycles. The Balaban J connectivity index is 1.38. The van der Waals surface area contributed by atoms with Gasteiger partial charge in [0.1, 0.15) is 6.54 Å². The van der Waals surface area contributed by atoms with E-state index >= 15 is 0 Å². The third-order valence-electron chi connectivity index (χ3n) is 5.54. The van der Waals surface area contributed by atoms with Gasteiger partial charge in [-0.25, -0.2) is 4.79 Å². The van der Waals surface area contributed by atoms with E-state index in [4.69, 9.17) is 4.74 Å². The molecule has 1 saturated carbocycles. The number of carbonyl (C=O) groups excluding carboxylic acids is 4. The third-order valence-corrected chi connectivity index (χ3v) is 5.54. The molecule has 7 nitrogen and oxygen atoms in total.